The van der Waals surface area contributed by atoms with Gasteiger partial charge in [-0.3, -0.25) is 4.99 Å². The van der Waals surface area contributed by atoms with Crippen molar-refractivity contribution in [2.45, 2.75) is 0 Å². The van der Waals surface area contributed by atoms with Crippen LogP contribution in [-0.2, 0) is 0 Å². The maximum atomic E-state index is 4.29. The first-order chi connectivity index (χ1) is 6.95. The maximum absolute atomic E-state index is 4.29. The zero-order chi connectivity index (χ0) is 9.38. The third-order valence-electron chi connectivity index (χ3n) is 2.09. The molecular formula is C9H7N5. The molecule has 1 aromatic heterocycles. The largest absolute Gasteiger partial charge is 0.360 e. The zero-order valence-corrected chi connectivity index (χ0v) is 7.23. The van der Waals surface area contributed by atoms with Crippen LogP contribution in [0.5, 0.6) is 0 Å². The van der Waals surface area contributed by atoms with E-state index in [1.165, 1.54) is 0 Å². The van der Waals surface area contributed by atoms with Gasteiger partial charge in [-0.25, -0.2) is 0 Å². The van der Waals surface area contributed by atoms with Crippen LogP contribution in [0.3, 0.4) is 0 Å². The van der Waals surface area contributed by atoms with E-state index in [-0.39, 0.29) is 0 Å². The van der Waals surface area contributed by atoms with Gasteiger partial charge >= 0.3 is 0 Å². The van der Waals surface area contributed by atoms with Gasteiger partial charge in [0.05, 0.1) is 5.69 Å². The predicted molar refractivity (Wildman–Crippen MR) is 54.8 cm³/mol. The molecule has 0 spiro atoms. The number of nitrogens with one attached hydrogen (secondary N) is 2. The Morgan fingerprint density at radius 2 is 2.14 bits per heavy atom. The number of allylic oxidation sites excluding steroid dienone is 1. The van der Waals surface area contributed by atoms with Gasteiger partial charge in [-0.15, -0.1) is 0 Å². The highest BCUT2D eigenvalue weighted by atomic mass is 15.3. The van der Waals surface area contributed by atoms with E-state index in [9.17, 15) is 0 Å². The summed E-state index contributed by atoms with van der Waals surface area (Å²) in [5, 5.41) is 13.8. The molecule has 5 nitrogen and oxygen atoms in total. The lowest BCUT2D eigenvalue weighted by Crippen LogP contribution is -1.86. The van der Waals surface area contributed by atoms with E-state index in [2.05, 4.69) is 25.7 Å². The molecule has 0 fully saturated rings. The summed E-state index contributed by atoms with van der Waals surface area (Å²) >= 11 is 0. The number of H-pyrrole nitrogens is 1. The van der Waals surface area contributed by atoms with Crippen molar-refractivity contribution in [3.63, 3.8) is 0 Å². The maximum Gasteiger partial charge on any atom is 0.140 e. The fraction of sp³-hybridized carbons (Fsp3) is 0. The Balaban J connectivity index is 2.38. The third-order valence-corrected chi connectivity index (χ3v) is 2.09. The molecule has 0 unspecified atom stereocenters. The quantitative estimate of drug-likeness (QED) is 0.655. The highest BCUT2D eigenvalue weighted by Gasteiger charge is 2.09. The lowest BCUT2D eigenvalue weighted by atomic mass is 10.2. The van der Waals surface area contributed by atoms with Crippen molar-refractivity contribution in [2.24, 2.45) is 4.99 Å². The zero-order valence-electron chi connectivity index (χ0n) is 7.23. The molecule has 0 bridgehead atoms. The Morgan fingerprint density at radius 1 is 1.14 bits per heavy atom. The summed E-state index contributed by atoms with van der Waals surface area (Å²) in [7, 11) is 0. The Labute approximate surface area is 79.5 Å². The van der Waals surface area contributed by atoms with Crippen LogP contribution in [0.25, 0.3) is 11.0 Å². The van der Waals surface area contributed by atoms with E-state index < -0.39 is 0 Å². The summed E-state index contributed by atoms with van der Waals surface area (Å²) in [5.41, 5.74) is 3.37. The van der Waals surface area contributed by atoms with Crippen LogP contribution in [0, 0.1) is 0 Å². The summed E-state index contributed by atoms with van der Waals surface area (Å²) in [6.45, 7) is 0. The van der Waals surface area contributed by atoms with Crippen molar-refractivity contribution in [3.05, 3.63) is 24.4 Å². The van der Waals surface area contributed by atoms with Crippen LogP contribution in [0.15, 0.2) is 29.4 Å². The van der Waals surface area contributed by atoms with Crippen molar-refractivity contribution in [3.8, 4) is 0 Å². The standard InChI is InChI=1S/C9H7N5/c1-4-10-6-2-3-7-9(13-14-12-7)8(6)11-5-1/h1-5,10H,(H,12,13,14). The van der Waals surface area contributed by atoms with Crippen LogP contribution in [0.2, 0.25) is 0 Å². The molecule has 3 rings (SSSR count). The highest BCUT2D eigenvalue weighted by molar-refractivity contribution is 5.97. The van der Waals surface area contributed by atoms with Crippen molar-refractivity contribution >= 4 is 28.6 Å². The molecule has 0 saturated heterocycles. The van der Waals surface area contributed by atoms with Gasteiger partial charge < -0.3 is 5.32 Å². The molecule has 0 saturated carbocycles. The summed E-state index contributed by atoms with van der Waals surface area (Å²) in [5.74, 6) is 0. The van der Waals surface area contributed by atoms with Crippen LogP contribution in [0.1, 0.15) is 0 Å². The van der Waals surface area contributed by atoms with E-state index in [0.717, 1.165) is 22.4 Å². The molecule has 2 N–H and O–H groups in total. The van der Waals surface area contributed by atoms with E-state index in [1.807, 2.05) is 24.4 Å². The highest BCUT2D eigenvalue weighted by Crippen LogP contribution is 2.32. The molecule has 1 aliphatic rings. The van der Waals surface area contributed by atoms with Crippen molar-refractivity contribution in [1.29, 1.82) is 0 Å². The van der Waals surface area contributed by atoms with Crippen molar-refractivity contribution in [2.75, 3.05) is 5.32 Å². The monoisotopic (exact) mass is 185 g/mol. The molecule has 68 valence electrons. The molecule has 2 aromatic rings. The molecule has 1 aliphatic heterocycles. The second-order valence-electron chi connectivity index (χ2n) is 2.93. The number of benzene rings is 1. The Morgan fingerprint density at radius 3 is 3.14 bits per heavy atom. The van der Waals surface area contributed by atoms with Gasteiger partial charge in [-0.1, -0.05) is 0 Å². The second kappa shape index (κ2) is 2.66. The summed E-state index contributed by atoms with van der Waals surface area (Å²) in [6, 6.07) is 3.84. The number of fused-ring (bicyclic) bond motifs is 3. The lowest BCUT2D eigenvalue weighted by Gasteiger charge is -2.02. The van der Waals surface area contributed by atoms with Gasteiger partial charge in [0.1, 0.15) is 16.7 Å². The van der Waals surface area contributed by atoms with E-state index in [1.54, 1.807) is 6.21 Å². The first kappa shape index (κ1) is 7.25. The smallest absolute Gasteiger partial charge is 0.140 e. The van der Waals surface area contributed by atoms with Crippen LogP contribution >= 0.6 is 0 Å². The van der Waals surface area contributed by atoms with Gasteiger partial charge in [-0.2, -0.15) is 15.4 Å². The minimum Gasteiger partial charge on any atom is -0.360 e. The van der Waals surface area contributed by atoms with Gasteiger partial charge in [0.15, 0.2) is 0 Å². The molecule has 0 atom stereocenters. The van der Waals surface area contributed by atoms with E-state index >= 15 is 0 Å². The molecule has 14 heavy (non-hydrogen) atoms. The van der Waals surface area contributed by atoms with Gasteiger partial charge in [-0.05, 0) is 18.2 Å². The second-order valence-corrected chi connectivity index (χ2v) is 2.93. The minimum atomic E-state index is 0.787. The number of nitrogens with zero attached hydrogens (tertiary/aromatic N) is 3. The van der Waals surface area contributed by atoms with Gasteiger partial charge in [0, 0.05) is 12.4 Å². The van der Waals surface area contributed by atoms with Gasteiger partial charge in [0.25, 0.3) is 0 Å². The lowest BCUT2D eigenvalue weighted by molar-refractivity contribution is 0.959. The number of aromatic amines is 1. The first-order valence-electron chi connectivity index (χ1n) is 4.24. The normalized spacial score (nSPS) is 13.7. The molecular weight excluding hydrogens is 178 g/mol. The Bertz CT molecular complexity index is 537. The van der Waals surface area contributed by atoms with E-state index in [4.69, 9.17) is 0 Å². The Hall–Kier alpha value is -2.17. The molecule has 0 amide bonds. The molecule has 0 radical (unpaired) electrons. The molecule has 0 aliphatic carbocycles. The summed E-state index contributed by atoms with van der Waals surface area (Å²) in [4.78, 5) is 4.29. The van der Waals surface area contributed by atoms with Crippen LogP contribution in [-0.4, -0.2) is 21.6 Å². The van der Waals surface area contributed by atoms with Crippen molar-refractivity contribution < 1.29 is 0 Å². The number of hydrogen-bond donors (Lipinski definition) is 2. The average molecular weight is 185 g/mol. The van der Waals surface area contributed by atoms with E-state index in [0.29, 0.717) is 0 Å². The fourth-order valence-electron chi connectivity index (χ4n) is 1.44. The molecule has 5 heteroatoms. The number of aromatic nitrogens is 3. The number of rotatable bonds is 0. The topological polar surface area (TPSA) is 66.0 Å². The number of anilines is 1. The number of aliphatic imine (C=N–C) groups is 1. The van der Waals surface area contributed by atoms with Crippen molar-refractivity contribution in [1.82, 2.24) is 15.4 Å². The molecule has 1 aromatic carbocycles. The SMILES string of the molecule is C1=CNc2ccc3n[nH]nc3c2N=C1. The minimum absolute atomic E-state index is 0.787. The van der Waals surface area contributed by atoms with Crippen LogP contribution in [0.4, 0.5) is 11.4 Å². The third kappa shape index (κ3) is 0.922. The number of hydrogen-bond acceptors (Lipinski definition) is 4. The average Bonchev–Trinajstić information content (AvgIpc) is 2.55. The van der Waals surface area contributed by atoms with Crippen LogP contribution < -0.4 is 5.32 Å². The predicted octanol–water partition coefficient (Wildman–Crippen LogP) is 1.60. The van der Waals surface area contributed by atoms with Gasteiger partial charge in [0.2, 0.25) is 0 Å². The molecule has 2 heterocycles. The first-order valence-corrected chi connectivity index (χ1v) is 4.24. The fourth-order valence-corrected chi connectivity index (χ4v) is 1.44. The summed E-state index contributed by atoms with van der Waals surface area (Å²) in [6.07, 6.45) is 5.40. The summed E-state index contributed by atoms with van der Waals surface area (Å²) < 4.78 is 0. The Kier molecular flexibility index (Phi) is 1.38.